The minimum absolute atomic E-state index is 0.158. The summed E-state index contributed by atoms with van der Waals surface area (Å²) in [6, 6.07) is 7.09. The summed E-state index contributed by atoms with van der Waals surface area (Å²) in [5.41, 5.74) is -0.665. The van der Waals surface area contributed by atoms with Gasteiger partial charge in [-0.15, -0.1) is 0 Å². The van der Waals surface area contributed by atoms with Gasteiger partial charge in [-0.1, -0.05) is 29.8 Å². The monoisotopic (exact) mass is 352 g/mol. The second-order valence-electron chi connectivity index (χ2n) is 5.48. The Balaban J connectivity index is 2.04. The average molecular weight is 353 g/mol. The molecule has 0 spiro atoms. The molecule has 0 radical (unpaired) electrons. The number of pyridine rings is 1. The Hall–Kier alpha value is -1.66. The van der Waals surface area contributed by atoms with Gasteiger partial charge in [-0.05, 0) is 18.2 Å². The first-order valence-corrected chi connectivity index (χ1v) is 7.30. The van der Waals surface area contributed by atoms with Crippen LogP contribution in [0.5, 0.6) is 5.88 Å². The maximum Gasteiger partial charge on any atom is 0.342 e. The number of halogens is 1. The summed E-state index contributed by atoms with van der Waals surface area (Å²) in [5, 5.41) is 10.2. The number of hydrogen-bond donors (Lipinski definition) is 1. The van der Waals surface area contributed by atoms with Crippen molar-refractivity contribution >= 4 is 21.9 Å². The summed E-state index contributed by atoms with van der Waals surface area (Å²) in [6.45, 7) is 4.13. The van der Waals surface area contributed by atoms with Crippen molar-refractivity contribution in [2.75, 3.05) is 0 Å². The van der Waals surface area contributed by atoms with Crippen LogP contribution < -0.4 is 4.74 Å². The van der Waals surface area contributed by atoms with Gasteiger partial charge in [0.15, 0.2) is 6.10 Å². The molecule has 21 heavy (non-hydrogen) atoms. The van der Waals surface area contributed by atoms with Crippen molar-refractivity contribution in [2.24, 2.45) is 5.41 Å². The summed E-state index contributed by atoms with van der Waals surface area (Å²) in [5.74, 6) is -0.553. The largest absolute Gasteiger partial charge is 0.405 e. The lowest BCUT2D eigenvalue weighted by atomic mass is 9.86. The van der Waals surface area contributed by atoms with Crippen molar-refractivity contribution in [1.82, 2.24) is 9.55 Å². The number of carbonyl (C=O) groups excluding carboxylic acids is 1. The normalized spacial score (nSPS) is 13.0. The molecule has 2 aromatic rings. The molecule has 0 saturated carbocycles. The maximum absolute atomic E-state index is 12.1. The van der Waals surface area contributed by atoms with Crippen LogP contribution in [0.15, 0.2) is 47.3 Å². The molecular weight excluding hydrogens is 336 g/mol. The number of nitrogens with zero attached hydrogens (tertiary/aromatic N) is 2. The molecule has 0 saturated heterocycles. The van der Waals surface area contributed by atoms with E-state index in [-0.39, 0.29) is 5.88 Å². The van der Waals surface area contributed by atoms with Gasteiger partial charge in [0.2, 0.25) is 5.88 Å². The highest BCUT2D eigenvalue weighted by Crippen LogP contribution is 2.25. The molecule has 0 aliphatic heterocycles. The van der Waals surface area contributed by atoms with Crippen LogP contribution in [0, 0.1) is 5.41 Å². The zero-order valence-electron chi connectivity index (χ0n) is 11.9. The first kappa shape index (κ1) is 15.7. The van der Waals surface area contributed by atoms with E-state index in [1.807, 2.05) is 42.9 Å². The van der Waals surface area contributed by atoms with Crippen molar-refractivity contribution < 1.29 is 14.6 Å². The van der Waals surface area contributed by atoms with Gasteiger partial charge in [-0.2, -0.15) is 0 Å². The maximum atomic E-state index is 12.1. The number of esters is 1. The van der Waals surface area contributed by atoms with E-state index in [0.29, 0.717) is 6.54 Å². The van der Waals surface area contributed by atoms with Crippen LogP contribution >= 0.6 is 15.9 Å². The highest BCUT2D eigenvalue weighted by molar-refractivity contribution is 9.10. The molecule has 1 atom stereocenters. The zero-order chi connectivity index (χ0) is 15.5. The van der Waals surface area contributed by atoms with Crippen LogP contribution in [0.3, 0.4) is 0 Å². The Morgan fingerprint density at radius 3 is 2.76 bits per heavy atom. The van der Waals surface area contributed by atoms with Crippen molar-refractivity contribution in [3.63, 3.8) is 0 Å². The van der Waals surface area contributed by atoms with E-state index >= 15 is 0 Å². The summed E-state index contributed by atoms with van der Waals surface area (Å²) in [4.78, 5) is 16.0. The number of aliphatic hydroxyl groups is 1. The molecule has 6 heteroatoms. The molecule has 0 amide bonds. The highest BCUT2D eigenvalue weighted by atomic mass is 79.9. The van der Waals surface area contributed by atoms with E-state index in [2.05, 4.69) is 20.9 Å². The minimum Gasteiger partial charge on any atom is -0.405 e. The van der Waals surface area contributed by atoms with Crippen molar-refractivity contribution in [3.8, 4) is 5.88 Å². The molecule has 2 heterocycles. The number of rotatable bonds is 5. The van der Waals surface area contributed by atoms with E-state index in [0.717, 1.165) is 4.47 Å². The highest BCUT2D eigenvalue weighted by Gasteiger charge is 2.35. The topological polar surface area (TPSA) is 64.4 Å². The molecule has 0 aliphatic carbocycles. The number of aromatic nitrogens is 2. The molecule has 0 bridgehead atoms. The third-order valence-corrected chi connectivity index (χ3v) is 3.62. The van der Waals surface area contributed by atoms with Gasteiger partial charge in [0.05, 0.1) is 0 Å². The van der Waals surface area contributed by atoms with Crippen molar-refractivity contribution in [1.29, 1.82) is 0 Å². The molecule has 1 N–H and O–H groups in total. The van der Waals surface area contributed by atoms with Gasteiger partial charge in [-0.3, -0.25) is 0 Å². The zero-order valence-corrected chi connectivity index (χ0v) is 13.4. The average Bonchev–Trinajstić information content (AvgIpc) is 2.89. The van der Waals surface area contributed by atoms with Crippen molar-refractivity contribution in [3.05, 3.63) is 47.3 Å². The Morgan fingerprint density at radius 2 is 2.14 bits per heavy atom. The third-order valence-electron chi connectivity index (χ3n) is 3.12. The van der Waals surface area contributed by atoms with Crippen LogP contribution in [-0.4, -0.2) is 26.7 Å². The lowest BCUT2D eigenvalue weighted by Crippen LogP contribution is -2.41. The van der Waals surface area contributed by atoms with Gasteiger partial charge in [0.25, 0.3) is 0 Å². The SMILES string of the molecule is CC(C)(Cn1cccc1)C(O)C(=O)Oc1cc(Br)ccn1. The molecule has 0 fully saturated rings. The molecule has 112 valence electrons. The Labute approximate surface area is 131 Å². The summed E-state index contributed by atoms with van der Waals surface area (Å²) < 4.78 is 7.79. The number of carbonyl (C=O) groups is 1. The van der Waals surface area contributed by atoms with E-state index in [9.17, 15) is 9.90 Å². The van der Waals surface area contributed by atoms with Gasteiger partial charge < -0.3 is 14.4 Å². The predicted molar refractivity (Wildman–Crippen MR) is 81.8 cm³/mol. The molecule has 0 aromatic carbocycles. The van der Waals surface area contributed by atoms with Gasteiger partial charge in [0, 0.05) is 41.1 Å². The number of ether oxygens (including phenoxy) is 1. The molecular formula is C15H17BrN2O3. The first-order valence-electron chi connectivity index (χ1n) is 6.50. The Kier molecular flexibility index (Phi) is 4.80. The third kappa shape index (κ3) is 4.15. The predicted octanol–water partition coefficient (Wildman–Crippen LogP) is 2.64. The molecule has 1 unspecified atom stereocenters. The summed E-state index contributed by atoms with van der Waals surface area (Å²) >= 11 is 3.27. The van der Waals surface area contributed by atoms with Gasteiger partial charge in [0.1, 0.15) is 0 Å². The standard InChI is InChI=1S/C15H17BrN2O3/c1-15(2,10-18-7-3-4-8-18)13(19)14(20)21-12-9-11(16)5-6-17-12/h3-9,13,19H,10H2,1-2H3. The second-order valence-corrected chi connectivity index (χ2v) is 6.40. The van der Waals surface area contributed by atoms with Crippen LogP contribution in [-0.2, 0) is 11.3 Å². The van der Waals surface area contributed by atoms with Gasteiger partial charge >= 0.3 is 5.97 Å². The van der Waals surface area contributed by atoms with Crippen LogP contribution in [0.2, 0.25) is 0 Å². The fourth-order valence-electron chi connectivity index (χ4n) is 1.95. The Bertz CT molecular complexity index is 611. The fourth-order valence-corrected chi connectivity index (χ4v) is 2.27. The van der Waals surface area contributed by atoms with E-state index in [1.165, 1.54) is 6.20 Å². The van der Waals surface area contributed by atoms with Crippen LogP contribution in [0.4, 0.5) is 0 Å². The van der Waals surface area contributed by atoms with E-state index in [1.54, 1.807) is 12.1 Å². The summed E-state index contributed by atoms with van der Waals surface area (Å²) in [6.07, 6.45) is 4.04. The van der Waals surface area contributed by atoms with Crippen molar-refractivity contribution in [2.45, 2.75) is 26.5 Å². The lowest BCUT2D eigenvalue weighted by molar-refractivity contribution is -0.151. The molecule has 2 rings (SSSR count). The van der Waals surface area contributed by atoms with Crippen LogP contribution in [0.25, 0.3) is 0 Å². The fraction of sp³-hybridized carbons (Fsp3) is 0.333. The number of hydrogen-bond acceptors (Lipinski definition) is 4. The van der Waals surface area contributed by atoms with E-state index < -0.39 is 17.5 Å². The quantitative estimate of drug-likeness (QED) is 0.840. The van der Waals surface area contributed by atoms with Gasteiger partial charge in [-0.25, -0.2) is 9.78 Å². The lowest BCUT2D eigenvalue weighted by Gasteiger charge is -2.29. The Morgan fingerprint density at radius 1 is 1.48 bits per heavy atom. The first-order chi connectivity index (χ1) is 9.88. The molecule has 0 aliphatic rings. The van der Waals surface area contributed by atoms with E-state index in [4.69, 9.17) is 4.74 Å². The molecule has 5 nitrogen and oxygen atoms in total. The minimum atomic E-state index is -1.25. The number of aliphatic hydroxyl groups excluding tert-OH is 1. The smallest absolute Gasteiger partial charge is 0.342 e. The molecule has 2 aromatic heterocycles. The summed E-state index contributed by atoms with van der Waals surface area (Å²) in [7, 11) is 0. The van der Waals surface area contributed by atoms with Crippen LogP contribution in [0.1, 0.15) is 13.8 Å². The second kappa shape index (κ2) is 6.41.